The summed E-state index contributed by atoms with van der Waals surface area (Å²) < 4.78 is 4.94. The fraction of sp³-hybridized carbons (Fsp3) is 0.556. The van der Waals surface area contributed by atoms with Crippen molar-refractivity contribution >= 4 is 11.9 Å². The summed E-state index contributed by atoms with van der Waals surface area (Å²) in [4.78, 5) is 27.1. The van der Waals surface area contributed by atoms with E-state index < -0.39 is 5.97 Å². The molecule has 1 saturated heterocycles. The molecule has 1 aliphatic heterocycles. The van der Waals surface area contributed by atoms with Gasteiger partial charge in [-0.05, 0) is 6.08 Å². The van der Waals surface area contributed by atoms with E-state index in [1.54, 1.807) is 13.0 Å². The molecular weight excluding hydrogens is 186 g/mol. The highest BCUT2D eigenvalue weighted by molar-refractivity contribution is 5.92. The fourth-order valence-electron chi connectivity index (χ4n) is 1.57. The van der Waals surface area contributed by atoms with Crippen molar-refractivity contribution in [2.75, 3.05) is 7.11 Å². The number of rotatable bonds is 3. The van der Waals surface area contributed by atoms with Crippen LogP contribution in [-0.4, -0.2) is 30.1 Å². The number of hydrogen-bond donors (Lipinski definition) is 0. The Morgan fingerprint density at radius 3 is 2.86 bits per heavy atom. The van der Waals surface area contributed by atoms with Crippen LogP contribution >= 0.6 is 0 Å². The molecule has 2 atom stereocenters. The minimum Gasteiger partial charge on any atom is -0.500 e. The number of ether oxygens (including phenoxy) is 1. The van der Waals surface area contributed by atoms with Crippen LogP contribution in [0.15, 0.2) is 11.8 Å². The number of hydrogen-bond acceptors (Lipinski definition) is 4. The van der Waals surface area contributed by atoms with Crippen LogP contribution in [0.25, 0.3) is 0 Å². The van der Waals surface area contributed by atoms with E-state index in [-0.39, 0.29) is 24.3 Å². The van der Waals surface area contributed by atoms with E-state index in [2.05, 4.69) is 0 Å². The Bertz CT molecular complexity index is 323. The summed E-state index contributed by atoms with van der Waals surface area (Å²) >= 11 is 0. The highest BCUT2D eigenvalue weighted by Gasteiger charge is 2.58. The maximum atomic E-state index is 11.4. The largest absolute Gasteiger partial charge is 0.500 e. The molecule has 0 aromatic rings. The Morgan fingerprint density at radius 1 is 1.64 bits per heavy atom. The normalized spacial score (nSPS) is 28.3. The maximum Gasteiger partial charge on any atom is 0.332 e. The molecule has 0 saturated carbocycles. The third-order valence-corrected chi connectivity index (χ3v) is 2.46. The van der Waals surface area contributed by atoms with Gasteiger partial charge in [0.15, 0.2) is 0 Å². The zero-order chi connectivity index (χ0) is 10.3. The molecule has 0 aromatic heterocycles. The van der Waals surface area contributed by atoms with Gasteiger partial charge in [-0.15, -0.1) is 0 Å². The first kappa shape index (κ1) is 9.05. The van der Waals surface area contributed by atoms with Crippen molar-refractivity contribution in [2.45, 2.75) is 19.4 Å². The van der Waals surface area contributed by atoms with Gasteiger partial charge in [-0.25, -0.2) is 4.79 Å². The standard InChI is InChI=1S/C9H11NO4/c1-3-7(11)14-10-5-4-6(13-2)8(5)9(10)12/h4-5,8H,3H2,1-2H3. The Balaban J connectivity index is 1.97. The quantitative estimate of drug-likeness (QED) is 0.607. The number of β-lactam (4-membered cyclic amide) rings is 1. The molecule has 0 aromatic carbocycles. The summed E-state index contributed by atoms with van der Waals surface area (Å²) in [6.45, 7) is 1.68. The van der Waals surface area contributed by atoms with E-state index in [4.69, 9.17) is 9.57 Å². The number of amides is 1. The average Bonchev–Trinajstić information content (AvgIpc) is 2.15. The maximum absolute atomic E-state index is 11.4. The van der Waals surface area contributed by atoms with Crippen molar-refractivity contribution in [2.24, 2.45) is 5.92 Å². The zero-order valence-electron chi connectivity index (χ0n) is 8.02. The molecule has 1 amide bonds. The Morgan fingerprint density at radius 2 is 2.36 bits per heavy atom. The van der Waals surface area contributed by atoms with Crippen molar-refractivity contribution in [1.29, 1.82) is 0 Å². The van der Waals surface area contributed by atoms with Gasteiger partial charge >= 0.3 is 5.97 Å². The molecule has 1 fully saturated rings. The van der Waals surface area contributed by atoms with Crippen molar-refractivity contribution in [3.63, 3.8) is 0 Å². The van der Waals surface area contributed by atoms with Gasteiger partial charge in [0.25, 0.3) is 5.91 Å². The van der Waals surface area contributed by atoms with Gasteiger partial charge in [0.2, 0.25) is 0 Å². The molecule has 76 valence electrons. The molecule has 0 bridgehead atoms. The van der Waals surface area contributed by atoms with E-state index >= 15 is 0 Å². The van der Waals surface area contributed by atoms with Crippen molar-refractivity contribution in [1.82, 2.24) is 5.06 Å². The first-order valence-electron chi connectivity index (χ1n) is 4.48. The van der Waals surface area contributed by atoms with E-state index in [9.17, 15) is 9.59 Å². The summed E-state index contributed by atoms with van der Waals surface area (Å²) in [5.41, 5.74) is 0. The number of nitrogens with zero attached hydrogens (tertiary/aromatic N) is 1. The average molecular weight is 197 g/mol. The lowest BCUT2D eigenvalue weighted by Gasteiger charge is -2.48. The number of hydroxylamine groups is 2. The second-order valence-corrected chi connectivity index (χ2v) is 3.22. The van der Waals surface area contributed by atoms with Crippen molar-refractivity contribution < 1.29 is 19.2 Å². The van der Waals surface area contributed by atoms with Gasteiger partial charge in [0, 0.05) is 6.42 Å². The number of carbonyl (C=O) groups excluding carboxylic acids is 2. The number of methoxy groups -OCH3 is 1. The zero-order valence-corrected chi connectivity index (χ0v) is 8.02. The van der Waals surface area contributed by atoms with Crippen LogP contribution in [0.2, 0.25) is 0 Å². The predicted molar refractivity (Wildman–Crippen MR) is 45.6 cm³/mol. The Hall–Kier alpha value is -1.52. The molecular formula is C9H11NO4. The van der Waals surface area contributed by atoms with Gasteiger partial charge in [0.1, 0.15) is 17.7 Å². The summed E-state index contributed by atoms with van der Waals surface area (Å²) in [6, 6.07) is -0.104. The summed E-state index contributed by atoms with van der Waals surface area (Å²) in [7, 11) is 1.52. The highest BCUT2D eigenvalue weighted by atomic mass is 16.7. The first-order chi connectivity index (χ1) is 6.69. The molecule has 5 nitrogen and oxygen atoms in total. The second kappa shape index (κ2) is 3.01. The lowest BCUT2D eigenvalue weighted by Crippen LogP contribution is -2.65. The SMILES string of the molecule is CCC(=O)ON1C(=O)C2C(OC)=CC21. The van der Waals surface area contributed by atoms with Crippen LogP contribution in [0, 0.1) is 5.92 Å². The second-order valence-electron chi connectivity index (χ2n) is 3.22. The van der Waals surface area contributed by atoms with Crippen LogP contribution in [0.4, 0.5) is 0 Å². The van der Waals surface area contributed by atoms with Crippen LogP contribution in [-0.2, 0) is 19.2 Å². The van der Waals surface area contributed by atoms with E-state index in [0.717, 1.165) is 5.06 Å². The van der Waals surface area contributed by atoms with Crippen LogP contribution in [0.5, 0.6) is 0 Å². The van der Waals surface area contributed by atoms with Gasteiger partial charge in [-0.1, -0.05) is 6.92 Å². The molecule has 2 unspecified atom stereocenters. The van der Waals surface area contributed by atoms with Crippen LogP contribution in [0.1, 0.15) is 13.3 Å². The van der Waals surface area contributed by atoms with Crippen LogP contribution in [0.3, 0.4) is 0 Å². The van der Waals surface area contributed by atoms with E-state index in [0.29, 0.717) is 5.76 Å². The minimum absolute atomic E-state index is 0.104. The first-order valence-corrected chi connectivity index (χ1v) is 4.48. The molecule has 2 aliphatic rings. The smallest absolute Gasteiger partial charge is 0.332 e. The molecule has 1 aliphatic carbocycles. The third-order valence-electron chi connectivity index (χ3n) is 2.46. The van der Waals surface area contributed by atoms with E-state index in [1.807, 2.05) is 0 Å². The van der Waals surface area contributed by atoms with Gasteiger partial charge in [-0.2, -0.15) is 5.06 Å². The summed E-state index contributed by atoms with van der Waals surface area (Å²) in [6.07, 6.45) is 2.04. The van der Waals surface area contributed by atoms with Gasteiger partial charge in [-0.3, -0.25) is 4.79 Å². The third kappa shape index (κ3) is 1.01. The Labute approximate surface area is 81.2 Å². The minimum atomic E-state index is -0.393. The van der Waals surface area contributed by atoms with E-state index in [1.165, 1.54) is 7.11 Å². The molecule has 0 spiro atoms. The Kier molecular flexibility index (Phi) is 1.94. The molecule has 0 radical (unpaired) electrons. The van der Waals surface area contributed by atoms with Gasteiger partial charge < -0.3 is 9.57 Å². The predicted octanol–water partition coefficient (Wildman–Crippen LogP) is 0.225. The summed E-state index contributed by atoms with van der Waals surface area (Å²) in [5, 5.41) is 1.11. The monoisotopic (exact) mass is 197 g/mol. The van der Waals surface area contributed by atoms with Crippen molar-refractivity contribution in [3.05, 3.63) is 11.8 Å². The van der Waals surface area contributed by atoms with Gasteiger partial charge in [0.05, 0.1) is 7.11 Å². The summed E-state index contributed by atoms with van der Waals surface area (Å²) in [5.74, 6) is -0.138. The topological polar surface area (TPSA) is 55.8 Å². The molecule has 2 rings (SSSR count). The molecule has 5 heteroatoms. The van der Waals surface area contributed by atoms with Crippen LogP contribution < -0.4 is 0 Å². The molecule has 0 N–H and O–H groups in total. The van der Waals surface area contributed by atoms with Crippen molar-refractivity contribution in [3.8, 4) is 0 Å². The molecule has 1 heterocycles. The fourth-order valence-corrected chi connectivity index (χ4v) is 1.57. The molecule has 14 heavy (non-hydrogen) atoms. The highest BCUT2D eigenvalue weighted by Crippen LogP contribution is 2.42. The lowest BCUT2D eigenvalue weighted by molar-refractivity contribution is -0.236. The lowest BCUT2D eigenvalue weighted by atomic mass is 9.78. The number of carbonyl (C=O) groups is 2. The number of fused-ring (bicyclic) bond motifs is 1.